The zero-order valence-electron chi connectivity index (χ0n) is 16.9. The van der Waals surface area contributed by atoms with Gasteiger partial charge in [-0.2, -0.15) is 0 Å². The molecule has 0 radical (unpaired) electrons. The van der Waals surface area contributed by atoms with Gasteiger partial charge in [-0.05, 0) is 18.2 Å². The number of ether oxygens (including phenoxy) is 3. The molecule has 1 aromatic heterocycles. The number of nitrogens with one attached hydrogen (secondary N) is 1. The molecule has 3 heterocycles. The van der Waals surface area contributed by atoms with Gasteiger partial charge in [-0.1, -0.05) is 6.07 Å². The van der Waals surface area contributed by atoms with Gasteiger partial charge in [0.05, 0.1) is 31.9 Å². The van der Waals surface area contributed by atoms with Crippen molar-refractivity contribution in [2.24, 2.45) is 0 Å². The number of amides is 2. The van der Waals surface area contributed by atoms with Gasteiger partial charge in [-0.3, -0.25) is 9.59 Å². The maximum Gasteiger partial charge on any atom is 0.253 e. The quantitative estimate of drug-likeness (QED) is 0.784. The summed E-state index contributed by atoms with van der Waals surface area (Å²) in [6.45, 7) is 1.80. The van der Waals surface area contributed by atoms with Crippen LogP contribution in [0.25, 0.3) is 0 Å². The number of hydrogen-bond donors (Lipinski definition) is 1. The molecule has 8 nitrogen and oxygen atoms in total. The van der Waals surface area contributed by atoms with Gasteiger partial charge >= 0.3 is 0 Å². The number of carbonyl (C=O) groups is 2. The van der Waals surface area contributed by atoms with Crippen LogP contribution in [0.3, 0.4) is 0 Å². The Kier molecular flexibility index (Phi) is 6.13. The van der Waals surface area contributed by atoms with E-state index in [9.17, 15) is 9.59 Å². The van der Waals surface area contributed by atoms with Crippen molar-refractivity contribution in [3.63, 3.8) is 0 Å². The number of aromatic nitrogens is 1. The Balaban J connectivity index is 1.34. The van der Waals surface area contributed by atoms with Crippen LogP contribution in [0.1, 0.15) is 29.6 Å². The SMILES string of the molecule is COc1cccc(N2CC(NC(=O)c3ccc(OC4CCOCC4)nc3)CC2=O)c1. The normalized spacial score (nSPS) is 19.6. The van der Waals surface area contributed by atoms with Gasteiger partial charge in [-0.25, -0.2) is 4.98 Å². The average Bonchev–Trinajstić information content (AvgIpc) is 3.15. The highest BCUT2D eigenvalue weighted by Gasteiger charge is 2.32. The molecule has 1 aromatic carbocycles. The van der Waals surface area contributed by atoms with Crippen LogP contribution in [-0.4, -0.2) is 55.8 Å². The van der Waals surface area contributed by atoms with E-state index in [1.54, 1.807) is 24.1 Å². The summed E-state index contributed by atoms with van der Waals surface area (Å²) in [6.07, 6.45) is 3.52. The van der Waals surface area contributed by atoms with E-state index in [1.165, 1.54) is 6.20 Å². The van der Waals surface area contributed by atoms with Crippen LogP contribution in [0, 0.1) is 0 Å². The van der Waals surface area contributed by atoms with Gasteiger partial charge in [-0.15, -0.1) is 0 Å². The van der Waals surface area contributed by atoms with Gasteiger partial charge in [0.25, 0.3) is 5.91 Å². The molecule has 0 saturated carbocycles. The summed E-state index contributed by atoms with van der Waals surface area (Å²) < 4.78 is 16.4. The Hall–Kier alpha value is -3.13. The largest absolute Gasteiger partial charge is 0.497 e. The number of nitrogens with zero attached hydrogens (tertiary/aromatic N) is 2. The number of pyridine rings is 1. The molecule has 158 valence electrons. The highest BCUT2D eigenvalue weighted by atomic mass is 16.5. The van der Waals surface area contributed by atoms with Crippen LogP contribution >= 0.6 is 0 Å². The Labute approximate surface area is 175 Å². The summed E-state index contributed by atoms with van der Waals surface area (Å²) in [5.41, 5.74) is 1.19. The zero-order chi connectivity index (χ0) is 20.9. The van der Waals surface area contributed by atoms with Crippen molar-refractivity contribution in [3.8, 4) is 11.6 Å². The van der Waals surface area contributed by atoms with Gasteiger partial charge in [0.1, 0.15) is 11.9 Å². The molecule has 2 aliphatic rings. The zero-order valence-corrected chi connectivity index (χ0v) is 16.9. The maximum atomic E-state index is 12.6. The number of anilines is 1. The van der Waals surface area contributed by atoms with Crippen LogP contribution in [0.15, 0.2) is 42.6 Å². The molecule has 2 fully saturated rings. The molecule has 1 unspecified atom stereocenters. The Morgan fingerprint density at radius 1 is 1.23 bits per heavy atom. The monoisotopic (exact) mass is 411 g/mol. The first kappa shape index (κ1) is 20.2. The lowest BCUT2D eigenvalue weighted by Gasteiger charge is -2.22. The molecule has 2 saturated heterocycles. The first-order valence-electron chi connectivity index (χ1n) is 10.1. The average molecular weight is 411 g/mol. The van der Waals surface area contributed by atoms with Crippen molar-refractivity contribution in [1.29, 1.82) is 0 Å². The molecule has 8 heteroatoms. The lowest BCUT2D eigenvalue weighted by Crippen LogP contribution is -2.37. The van der Waals surface area contributed by atoms with Crippen LogP contribution < -0.4 is 19.7 Å². The molecule has 30 heavy (non-hydrogen) atoms. The maximum absolute atomic E-state index is 12.6. The Morgan fingerprint density at radius 2 is 2.07 bits per heavy atom. The van der Waals surface area contributed by atoms with Crippen molar-refractivity contribution in [2.75, 3.05) is 31.8 Å². The molecule has 2 aliphatic heterocycles. The van der Waals surface area contributed by atoms with Crippen molar-refractivity contribution >= 4 is 17.5 Å². The number of rotatable bonds is 6. The minimum atomic E-state index is -0.269. The van der Waals surface area contributed by atoms with Crippen LogP contribution in [0.4, 0.5) is 5.69 Å². The lowest BCUT2D eigenvalue weighted by atomic mass is 10.1. The standard InChI is InChI=1S/C22H25N3O5/c1-28-19-4-2-3-17(12-19)25-14-16(11-21(25)26)24-22(27)15-5-6-20(23-13-15)30-18-7-9-29-10-8-18/h2-6,12-13,16,18H,7-11,14H2,1H3,(H,24,27). The summed E-state index contributed by atoms with van der Waals surface area (Å²) >= 11 is 0. The first-order valence-corrected chi connectivity index (χ1v) is 10.1. The van der Waals surface area contributed by atoms with E-state index in [1.807, 2.05) is 24.3 Å². The Bertz CT molecular complexity index is 896. The van der Waals surface area contributed by atoms with E-state index in [4.69, 9.17) is 14.2 Å². The first-order chi connectivity index (χ1) is 14.6. The van der Waals surface area contributed by atoms with Crippen molar-refractivity contribution in [2.45, 2.75) is 31.4 Å². The van der Waals surface area contributed by atoms with E-state index < -0.39 is 0 Å². The molecular formula is C22H25N3O5. The topological polar surface area (TPSA) is 90.0 Å². The molecular weight excluding hydrogens is 386 g/mol. The second-order valence-corrected chi connectivity index (χ2v) is 7.40. The summed E-state index contributed by atoms with van der Waals surface area (Å²) in [4.78, 5) is 30.9. The fourth-order valence-electron chi connectivity index (χ4n) is 3.65. The highest BCUT2D eigenvalue weighted by molar-refractivity contribution is 5.99. The number of hydrogen-bond acceptors (Lipinski definition) is 6. The highest BCUT2D eigenvalue weighted by Crippen LogP contribution is 2.25. The summed E-state index contributed by atoms with van der Waals surface area (Å²) in [5, 5.41) is 2.92. The predicted molar refractivity (Wildman–Crippen MR) is 110 cm³/mol. The number of benzene rings is 1. The second-order valence-electron chi connectivity index (χ2n) is 7.40. The van der Waals surface area contributed by atoms with E-state index in [2.05, 4.69) is 10.3 Å². The van der Waals surface area contributed by atoms with Crippen LogP contribution in [0.2, 0.25) is 0 Å². The predicted octanol–water partition coefficient (Wildman–Crippen LogP) is 2.18. The second kappa shape index (κ2) is 9.13. The third kappa shape index (κ3) is 4.71. The molecule has 0 aliphatic carbocycles. The third-order valence-corrected chi connectivity index (χ3v) is 5.28. The summed E-state index contributed by atoms with van der Waals surface area (Å²) in [5.74, 6) is 0.887. The van der Waals surface area contributed by atoms with Crippen molar-refractivity contribution < 1.29 is 23.8 Å². The Morgan fingerprint density at radius 3 is 2.80 bits per heavy atom. The molecule has 0 spiro atoms. The molecule has 2 amide bonds. The van der Waals surface area contributed by atoms with Gasteiger partial charge in [0.15, 0.2) is 0 Å². The molecule has 1 atom stereocenters. The minimum absolute atomic E-state index is 0.0353. The molecule has 4 rings (SSSR count). The minimum Gasteiger partial charge on any atom is -0.497 e. The fourth-order valence-corrected chi connectivity index (χ4v) is 3.65. The summed E-state index contributed by atoms with van der Waals surface area (Å²) in [6, 6.07) is 10.4. The molecule has 1 N–H and O–H groups in total. The number of carbonyl (C=O) groups excluding carboxylic acids is 2. The van der Waals surface area contributed by atoms with Gasteiger partial charge < -0.3 is 24.4 Å². The summed E-state index contributed by atoms with van der Waals surface area (Å²) in [7, 11) is 1.59. The molecule has 0 bridgehead atoms. The van der Waals surface area contributed by atoms with Crippen LogP contribution in [-0.2, 0) is 9.53 Å². The van der Waals surface area contributed by atoms with E-state index in [0.717, 1.165) is 18.5 Å². The van der Waals surface area contributed by atoms with Crippen LogP contribution in [0.5, 0.6) is 11.6 Å². The van der Waals surface area contributed by atoms with E-state index >= 15 is 0 Å². The fraction of sp³-hybridized carbons (Fsp3) is 0.409. The smallest absolute Gasteiger partial charge is 0.253 e. The molecule has 2 aromatic rings. The van der Waals surface area contributed by atoms with E-state index in [-0.39, 0.29) is 30.4 Å². The van der Waals surface area contributed by atoms with E-state index in [0.29, 0.717) is 37.0 Å². The third-order valence-electron chi connectivity index (χ3n) is 5.28. The van der Waals surface area contributed by atoms with Crippen molar-refractivity contribution in [1.82, 2.24) is 10.3 Å². The van der Waals surface area contributed by atoms with Gasteiger partial charge in [0, 0.05) is 49.8 Å². The lowest BCUT2D eigenvalue weighted by molar-refractivity contribution is -0.117. The van der Waals surface area contributed by atoms with Crippen molar-refractivity contribution in [3.05, 3.63) is 48.2 Å². The van der Waals surface area contributed by atoms with Gasteiger partial charge in [0.2, 0.25) is 11.8 Å². The number of methoxy groups -OCH3 is 1.